The molecule has 410 valence electrons. The monoisotopic (exact) mass is 982 g/mol. The Bertz CT molecular complexity index is 1180. The second kappa shape index (κ2) is 59.4. The van der Waals surface area contributed by atoms with Crippen LogP contribution in [0.4, 0.5) is 0 Å². The lowest BCUT2D eigenvalue weighted by Gasteiger charge is -2.20. The highest BCUT2D eigenvalue weighted by molar-refractivity contribution is 5.76. The van der Waals surface area contributed by atoms with Crippen LogP contribution in [-0.4, -0.2) is 47.4 Å². The third kappa shape index (κ3) is 55.1. The van der Waals surface area contributed by atoms with Gasteiger partial charge in [0.2, 0.25) is 5.91 Å². The van der Waals surface area contributed by atoms with Crippen LogP contribution in [0.25, 0.3) is 0 Å². The van der Waals surface area contributed by atoms with Crippen molar-refractivity contribution in [2.24, 2.45) is 0 Å². The number of unbranched alkanes of at least 4 members (excludes halogenated alkanes) is 40. The number of ether oxygens (including phenoxy) is 1. The van der Waals surface area contributed by atoms with Crippen molar-refractivity contribution in [1.82, 2.24) is 5.32 Å². The standard InChI is InChI=1S/C64H119NO5/c1-3-5-7-9-11-13-15-17-29-33-36-40-44-48-52-56-62(67)61(60-66)65-63(68)57-53-49-45-41-37-34-30-27-25-23-21-19-18-20-22-24-26-28-31-35-39-43-47-51-55-59-70-64(69)58-54-50-46-42-38-32-16-14-12-10-8-6-4-2/h14,16,19-22,52,56,61-62,66-67H,3-13,15,17-18,23-51,53-55,57-60H2,1-2H3,(H,65,68)/b16-14-,21-19-,22-20-,56-52+. The van der Waals surface area contributed by atoms with Crippen LogP contribution in [0, 0.1) is 0 Å². The lowest BCUT2D eigenvalue weighted by Crippen LogP contribution is -2.45. The molecule has 0 spiro atoms. The summed E-state index contributed by atoms with van der Waals surface area (Å²) in [5.74, 6) is -0.0748. The minimum Gasteiger partial charge on any atom is -0.466 e. The van der Waals surface area contributed by atoms with Gasteiger partial charge in [-0.3, -0.25) is 9.59 Å². The maximum atomic E-state index is 12.5. The largest absolute Gasteiger partial charge is 0.466 e. The summed E-state index contributed by atoms with van der Waals surface area (Å²) < 4.78 is 5.47. The Labute approximate surface area is 436 Å². The number of allylic oxidation sites excluding steroid dienone is 7. The Morgan fingerprint density at radius 1 is 0.400 bits per heavy atom. The number of aliphatic hydroxyl groups is 2. The SMILES string of the molecule is CCCCCC/C=C\CCCCCCCC(=O)OCCCCCCCCCCC/C=C\C/C=C\CCCCCCCCCCCC(=O)NC(CO)C(O)/C=C/CCCCCCCCCCCCCCC. The summed E-state index contributed by atoms with van der Waals surface area (Å²) in [6.07, 6.45) is 75.8. The number of carbonyl (C=O) groups is 2. The Morgan fingerprint density at radius 2 is 0.714 bits per heavy atom. The summed E-state index contributed by atoms with van der Waals surface area (Å²) in [5, 5.41) is 23.1. The van der Waals surface area contributed by atoms with Crippen molar-refractivity contribution in [3.63, 3.8) is 0 Å². The lowest BCUT2D eigenvalue weighted by molar-refractivity contribution is -0.143. The summed E-state index contributed by atoms with van der Waals surface area (Å²) in [6, 6.07) is -0.633. The minimum atomic E-state index is -0.849. The number of esters is 1. The molecule has 0 fully saturated rings. The number of amides is 1. The van der Waals surface area contributed by atoms with Gasteiger partial charge >= 0.3 is 5.97 Å². The Kier molecular flexibility index (Phi) is 57.5. The van der Waals surface area contributed by atoms with Crippen LogP contribution in [0.5, 0.6) is 0 Å². The number of hydrogen-bond donors (Lipinski definition) is 3. The van der Waals surface area contributed by atoms with Crippen LogP contribution in [-0.2, 0) is 14.3 Å². The lowest BCUT2D eigenvalue weighted by atomic mass is 10.0. The number of hydrogen-bond acceptors (Lipinski definition) is 5. The van der Waals surface area contributed by atoms with Gasteiger partial charge in [-0.05, 0) is 89.9 Å². The van der Waals surface area contributed by atoms with Gasteiger partial charge in [-0.2, -0.15) is 0 Å². The van der Waals surface area contributed by atoms with E-state index in [2.05, 4.69) is 55.6 Å². The molecule has 0 radical (unpaired) electrons. The topological polar surface area (TPSA) is 95.9 Å². The highest BCUT2D eigenvalue weighted by Gasteiger charge is 2.18. The number of rotatable bonds is 57. The average Bonchev–Trinajstić information content (AvgIpc) is 3.36. The van der Waals surface area contributed by atoms with Crippen LogP contribution in [0.3, 0.4) is 0 Å². The van der Waals surface area contributed by atoms with Gasteiger partial charge in [0.25, 0.3) is 0 Å². The fraction of sp³-hybridized carbons (Fsp3) is 0.844. The zero-order chi connectivity index (χ0) is 50.7. The smallest absolute Gasteiger partial charge is 0.305 e. The fourth-order valence-corrected chi connectivity index (χ4v) is 9.31. The van der Waals surface area contributed by atoms with Gasteiger partial charge in [0, 0.05) is 12.8 Å². The molecule has 2 atom stereocenters. The van der Waals surface area contributed by atoms with Crippen LogP contribution < -0.4 is 5.32 Å². The molecule has 6 heteroatoms. The predicted octanol–water partition coefficient (Wildman–Crippen LogP) is 19.4. The summed E-state index contributed by atoms with van der Waals surface area (Å²) in [4.78, 5) is 24.5. The molecule has 2 unspecified atom stereocenters. The first kappa shape index (κ1) is 67.8. The zero-order valence-corrected chi connectivity index (χ0v) is 46.7. The normalized spacial score (nSPS) is 12.9. The second-order valence-electron chi connectivity index (χ2n) is 21.0. The molecule has 0 bridgehead atoms. The first-order chi connectivity index (χ1) is 34.5. The van der Waals surface area contributed by atoms with Gasteiger partial charge in [0.05, 0.1) is 25.4 Å². The number of aliphatic hydroxyl groups excluding tert-OH is 2. The Hall–Kier alpha value is -2.18. The van der Waals surface area contributed by atoms with Crippen LogP contribution in [0.15, 0.2) is 48.6 Å². The molecular weight excluding hydrogens is 863 g/mol. The van der Waals surface area contributed by atoms with Crippen LogP contribution >= 0.6 is 0 Å². The van der Waals surface area contributed by atoms with Crippen molar-refractivity contribution >= 4 is 11.9 Å². The van der Waals surface area contributed by atoms with Gasteiger partial charge in [-0.15, -0.1) is 0 Å². The molecule has 6 nitrogen and oxygen atoms in total. The van der Waals surface area contributed by atoms with E-state index in [0.29, 0.717) is 19.4 Å². The average molecular weight is 983 g/mol. The summed E-state index contributed by atoms with van der Waals surface area (Å²) in [7, 11) is 0. The van der Waals surface area contributed by atoms with E-state index in [4.69, 9.17) is 4.74 Å². The number of nitrogens with one attached hydrogen (secondary N) is 1. The molecule has 0 heterocycles. The van der Waals surface area contributed by atoms with Gasteiger partial charge in [0.15, 0.2) is 0 Å². The first-order valence-corrected chi connectivity index (χ1v) is 30.9. The van der Waals surface area contributed by atoms with Crippen molar-refractivity contribution in [2.45, 2.75) is 334 Å². The quantitative estimate of drug-likeness (QED) is 0.0321. The van der Waals surface area contributed by atoms with Crippen molar-refractivity contribution in [3.05, 3.63) is 48.6 Å². The van der Waals surface area contributed by atoms with E-state index in [1.165, 1.54) is 244 Å². The molecule has 0 aromatic rings. The molecule has 1 amide bonds. The Morgan fingerprint density at radius 3 is 1.11 bits per heavy atom. The molecular formula is C64H119NO5. The summed E-state index contributed by atoms with van der Waals surface area (Å²) in [6.45, 7) is 4.88. The van der Waals surface area contributed by atoms with E-state index in [1.54, 1.807) is 6.08 Å². The highest BCUT2D eigenvalue weighted by atomic mass is 16.5. The number of carbonyl (C=O) groups excluding carboxylic acids is 2. The molecule has 0 aliphatic carbocycles. The molecule has 70 heavy (non-hydrogen) atoms. The maximum absolute atomic E-state index is 12.5. The van der Waals surface area contributed by atoms with Crippen molar-refractivity contribution in [2.75, 3.05) is 13.2 Å². The second-order valence-corrected chi connectivity index (χ2v) is 21.0. The first-order valence-electron chi connectivity index (χ1n) is 30.9. The van der Waals surface area contributed by atoms with E-state index in [0.717, 1.165) is 51.4 Å². The minimum absolute atomic E-state index is 0.00110. The molecule has 3 N–H and O–H groups in total. The van der Waals surface area contributed by atoms with E-state index >= 15 is 0 Å². The molecule has 0 aromatic carbocycles. The van der Waals surface area contributed by atoms with Crippen LogP contribution in [0.1, 0.15) is 322 Å². The molecule has 0 aromatic heterocycles. The van der Waals surface area contributed by atoms with Gasteiger partial charge in [-0.25, -0.2) is 0 Å². The van der Waals surface area contributed by atoms with Crippen molar-refractivity contribution in [3.8, 4) is 0 Å². The fourth-order valence-electron chi connectivity index (χ4n) is 9.31. The molecule has 0 rings (SSSR count). The van der Waals surface area contributed by atoms with Gasteiger partial charge in [0.1, 0.15) is 0 Å². The van der Waals surface area contributed by atoms with Crippen LogP contribution in [0.2, 0.25) is 0 Å². The van der Waals surface area contributed by atoms with E-state index in [1.807, 2.05) is 6.08 Å². The molecule has 0 saturated heterocycles. The third-order valence-electron chi connectivity index (χ3n) is 14.1. The maximum Gasteiger partial charge on any atom is 0.305 e. The van der Waals surface area contributed by atoms with Crippen molar-refractivity contribution in [1.29, 1.82) is 0 Å². The van der Waals surface area contributed by atoms with E-state index in [9.17, 15) is 19.8 Å². The third-order valence-corrected chi connectivity index (χ3v) is 14.1. The van der Waals surface area contributed by atoms with E-state index in [-0.39, 0.29) is 18.5 Å². The molecule has 0 aliphatic rings. The van der Waals surface area contributed by atoms with E-state index < -0.39 is 12.1 Å². The molecule has 0 saturated carbocycles. The van der Waals surface area contributed by atoms with Crippen molar-refractivity contribution < 1.29 is 24.5 Å². The van der Waals surface area contributed by atoms with Gasteiger partial charge < -0.3 is 20.3 Å². The predicted molar refractivity (Wildman–Crippen MR) is 306 cm³/mol. The summed E-state index contributed by atoms with van der Waals surface area (Å²) >= 11 is 0. The Balaban J connectivity index is 3.46. The summed E-state index contributed by atoms with van der Waals surface area (Å²) in [5.41, 5.74) is 0. The molecule has 0 aliphatic heterocycles. The zero-order valence-electron chi connectivity index (χ0n) is 46.7. The van der Waals surface area contributed by atoms with Gasteiger partial charge in [-0.1, -0.05) is 268 Å². The highest BCUT2D eigenvalue weighted by Crippen LogP contribution is 2.16.